The van der Waals surface area contributed by atoms with Gasteiger partial charge in [0.05, 0.1) is 0 Å². The summed E-state index contributed by atoms with van der Waals surface area (Å²) in [6.45, 7) is 1.30. The molecule has 1 heterocycles. The van der Waals surface area contributed by atoms with Gasteiger partial charge in [-0.2, -0.15) is 0 Å². The number of rotatable bonds is 5. The normalized spacial score (nSPS) is 16.4. The molecule has 2 N–H and O–H groups in total. The van der Waals surface area contributed by atoms with Crippen molar-refractivity contribution < 1.29 is 4.79 Å². The summed E-state index contributed by atoms with van der Waals surface area (Å²) in [5.74, 6) is 0. The van der Waals surface area contributed by atoms with Crippen LogP contribution in [0.4, 0.5) is 4.79 Å². The van der Waals surface area contributed by atoms with Crippen molar-refractivity contribution in [3.8, 4) is 0 Å². The molecule has 1 aliphatic carbocycles. The molecule has 0 saturated heterocycles. The maximum Gasteiger partial charge on any atom is 0.315 e. The minimum atomic E-state index is -0.0771. The quantitative estimate of drug-likeness (QED) is 0.858. The number of hydrogen-bond donors (Lipinski definition) is 2. The van der Waals surface area contributed by atoms with E-state index in [-0.39, 0.29) is 11.4 Å². The topological polar surface area (TPSA) is 41.1 Å². The van der Waals surface area contributed by atoms with Gasteiger partial charge in [-0.05, 0) is 29.9 Å². The van der Waals surface area contributed by atoms with E-state index >= 15 is 0 Å². The van der Waals surface area contributed by atoms with E-state index in [9.17, 15) is 4.79 Å². The molecule has 22 heavy (non-hydrogen) atoms. The highest BCUT2D eigenvalue weighted by molar-refractivity contribution is 7.10. The van der Waals surface area contributed by atoms with Gasteiger partial charge in [0.2, 0.25) is 0 Å². The van der Waals surface area contributed by atoms with E-state index in [1.807, 2.05) is 41.7 Å². The number of carbonyl (C=O) groups is 1. The van der Waals surface area contributed by atoms with Crippen LogP contribution in [0.5, 0.6) is 0 Å². The van der Waals surface area contributed by atoms with Crippen LogP contribution < -0.4 is 10.6 Å². The fourth-order valence-electron chi connectivity index (χ4n) is 3.23. The second kappa shape index (κ2) is 6.97. The highest BCUT2D eigenvalue weighted by Gasteiger charge is 2.36. The molecule has 2 amide bonds. The molecule has 1 aromatic heterocycles. The second-order valence-corrected chi connectivity index (χ2v) is 6.93. The molecule has 0 atom stereocenters. The Labute approximate surface area is 135 Å². The number of benzene rings is 1. The van der Waals surface area contributed by atoms with E-state index in [1.54, 1.807) is 0 Å². The lowest BCUT2D eigenvalue weighted by atomic mass is 9.84. The zero-order valence-corrected chi connectivity index (χ0v) is 13.5. The Morgan fingerprint density at radius 1 is 1.05 bits per heavy atom. The van der Waals surface area contributed by atoms with Crippen molar-refractivity contribution in [2.24, 2.45) is 0 Å². The first-order valence-corrected chi connectivity index (χ1v) is 8.76. The lowest BCUT2D eigenvalue weighted by Gasteiger charge is -2.28. The predicted octanol–water partition coefficient (Wildman–Crippen LogP) is 4.06. The summed E-state index contributed by atoms with van der Waals surface area (Å²) in [5, 5.41) is 8.15. The Morgan fingerprint density at radius 3 is 2.50 bits per heavy atom. The van der Waals surface area contributed by atoms with E-state index in [1.165, 1.54) is 30.6 Å². The first-order chi connectivity index (χ1) is 10.8. The Kier molecular flexibility index (Phi) is 4.78. The molecular formula is C18H22N2OS. The molecule has 0 spiro atoms. The van der Waals surface area contributed by atoms with Gasteiger partial charge >= 0.3 is 6.03 Å². The van der Waals surface area contributed by atoms with E-state index in [0.717, 1.165) is 12.1 Å². The summed E-state index contributed by atoms with van der Waals surface area (Å²) in [5.41, 5.74) is 1.27. The molecule has 1 saturated carbocycles. The van der Waals surface area contributed by atoms with Gasteiger partial charge in [0, 0.05) is 23.4 Å². The zero-order valence-electron chi connectivity index (χ0n) is 12.7. The molecule has 1 fully saturated rings. The minimum Gasteiger partial charge on any atom is -0.337 e. The first kappa shape index (κ1) is 15.1. The van der Waals surface area contributed by atoms with Crippen molar-refractivity contribution in [1.82, 2.24) is 10.6 Å². The SMILES string of the molecule is O=C(NCc1ccccc1)NCC1(c2cccs2)CCCC1. The van der Waals surface area contributed by atoms with Crippen LogP contribution >= 0.6 is 11.3 Å². The number of amides is 2. The largest absolute Gasteiger partial charge is 0.337 e. The van der Waals surface area contributed by atoms with Crippen molar-refractivity contribution in [3.63, 3.8) is 0 Å². The van der Waals surface area contributed by atoms with Crippen molar-refractivity contribution in [2.45, 2.75) is 37.6 Å². The van der Waals surface area contributed by atoms with Crippen LogP contribution in [-0.2, 0) is 12.0 Å². The average molecular weight is 314 g/mol. The van der Waals surface area contributed by atoms with Crippen LogP contribution in [0.25, 0.3) is 0 Å². The van der Waals surface area contributed by atoms with E-state index < -0.39 is 0 Å². The molecule has 0 aliphatic heterocycles. The molecule has 2 aromatic rings. The summed E-state index contributed by atoms with van der Waals surface area (Å²) in [6, 6.07) is 14.2. The average Bonchev–Trinajstić information content (AvgIpc) is 3.24. The van der Waals surface area contributed by atoms with Crippen LogP contribution in [0.3, 0.4) is 0 Å². The molecule has 116 valence electrons. The van der Waals surface area contributed by atoms with E-state index in [4.69, 9.17) is 0 Å². The Hall–Kier alpha value is -1.81. The molecule has 0 unspecified atom stereocenters. The molecule has 1 aliphatic rings. The standard InChI is InChI=1S/C18H22N2OS/c21-17(19-13-15-7-2-1-3-8-15)20-14-18(10-4-5-11-18)16-9-6-12-22-16/h1-3,6-9,12H,4-5,10-11,13-14H2,(H2,19,20,21). The first-order valence-electron chi connectivity index (χ1n) is 7.88. The number of nitrogens with one attached hydrogen (secondary N) is 2. The summed E-state index contributed by atoms with van der Waals surface area (Å²) in [4.78, 5) is 13.5. The van der Waals surface area contributed by atoms with Crippen LogP contribution in [-0.4, -0.2) is 12.6 Å². The lowest BCUT2D eigenvalue weighted by molar-refractivity contribution is 0.237. The monoisotopic (exact) mass is 314 g/mol. The number of carbonyl (C=O) groups excluding carboxylic acids is 1. The summed E-state index contributed by atoms with van der Waals surface area (Å²) in [6.07, 6.45) is 4.86. The van der Waals surface area contributed by atoms with Gasteiger partial charge in [-0.1, -0.05) is 49.2 Å². The van der Waals surface area contributed by atoms with Gasteiger partial charge < -0.3 is 10.6 Å². The van der Waals surface area contributed by atoms with Crippen molar-refractivity contribution in [2.75, 3.05) is 6.54 Å². The smallest absolute Gasteiger partial charge is 0.315 e. The highest BCUT2D eigenvalue weighted by Crippen LogP contribution is 2.42. The van der Waals surface area contributed by atoms with Crippen LogP contribution in [0.15, 0.2) is 47.8 Å². The van der Waals surface area contributed by atoms with Gasteiger partial charge in [-0.15, -0.1) is 11.3 Å². The molecule has 3 nitrogen and oxygen atoms in total. The predicted molar refractivity (Wildman–Crippen MR) is 91.1 cm³/mol. The van der Waals surface area contributed by atoms with E-state index in [2.05, 4.69) is 28.1 Å². The lowest BCUT2D eigenvalue weighted by Crippen LogP contribution is -2.43. The third kappa shape index (κ3) is 3.50. The van der Waals surface area contributed by atoms with Crippen molar-refractivity contribution in [3.05, 3.63) is 58.3 Å². The molecule has 3 rings (SSSR count). The molecule has 1 aromatic carbocycles. The van der Waals surface area contributed by atoms with Gasteiger partial charge in [0.1, 0.15) is 0 Å². The number of urea groups is 1. The fraction of sp³-hybridized carbons (Fsp3) is 0.389. The van der Waals surface area contributed by atoms with Crippen LogP contribution in [0.1, 0.15) is 36.1 Å². The van der Waals surface area contributed by atoms with Gasteiger partial charge in [0.25, 0.3) is 0 Å². The van der Waals surface area contributed by atoms with Crippen molar-refractivity contribution in [1.29, 1.82) is 0 Å². The summed E-state index contributed by atoms with van der Waals surface area (Å²) in [7, 11) is 0. The third-order valence-corrected chi connectivity index (χ3v) is 5.60. The van der Waals surface area contributed by atoms with Gasteiger partial charge in [-0.3, -0.25) is 0 Å². The van der Waals surface area contributed by atoms with Crippen LogP contribution in [0, 0.1) is 0 Å². The molecule has 0 radical (unpaired) electrons. The van der Waals surface area contributed by atoms with E-state index in [0.29, 0.717) is 6.54 Å². The Morgan fingerprint density at radius 2 is 1.82 bits per heavy atom. The fourth-order valence-corrected chi connectivity index (χ4v) is 4.22. The molecule has 0 bridgehead atoms. The molecular weight excluding hydrogens is 292 g/mol. The Balaban J connectivity index is 1.53. The zero-order chi connectivity index (χ0) is 15.3. The summed E-state index contributed by atoms with van der Waals surface area (Å²) >= 11 is 1.81. The van der Waals surface area contributed by atoms with Gasteiger partial charge in [0.15, 0.2) is 0 Å². The van der Waals surface area contributed by atoms with Crippen molar-refractivity contribution >= 4 is 17.4 Å². The third-order valence-electron chi connectivity index (χ3n) is 4.49. The summed E-state index contributed by atoms with van der Waals surface area (Å²) < 4.78 is 0. The minimum absolute atomic E-state index is 0.0771. The Bertz CT molecular complexity index is 589. The molecule has 4 heteroatoms. The van der Waals surface area contributed by atoms with Crippen LogP contribution in [0.2, 0.25) is 0 Å². The number of hydrogen-bond acceptors (Lipinski definition) is 2. The maximum atomic E-state index is 12.1. The number of thiophene rings is 1. The van der Waals surface area contributed by atoms with Gasteiger partial charge in [-0.25, -0.2) is 4.79 Å². The highest BCUT2D eigenvalue weighted by atomic mass is 32.1. The maximum absolute atomic E-state index is 12.1. The second-order valence-electron chi connectivity index (χ2n) is 5.99.